The van der Waals surface area contributed by atoms with E-state index in [4.69, 9.17) is 0 Å². The van der Waals surface area contributed by atoms with Gasteiger partial charge in [-0.05, 0) is 29.9 Å². The second kappa shape index (κ2) is 7.05. The summed E-state index contributed by atoms with van der Waals surface area (Å²) in [5, 5.41) is 1.52. The Labute approximate surface area is 126 Å². The third-order valence-electron chi connectivity index (χ3n) is 3.78. The Kier molecular flexibility index (Phi) is 5.37. The largest absolute Gasteiger partial charge is 0.295 e. The zero-order valence-electron chi connectivity index (χ0n) is 12.4. The van der Waals surface area contributed by atoms with Gasteiger partial charge in [-0.15, -0.1) is 0 Å². The molecule has 0 aliphatic rings. The second-order valence-electron chi connectivity index (χ2n) is 5.41. The van der Waals surface area contributed by atoms with E-state index in [2.05, 4.69) is 6.92 Å². The van der Waals surface area contributed by atoms with E-state index in [1.165, 1.54) is 25.3 Å². The Morgan fingerprint density at radius 1 is 0.952 bits per heavy atom. The highest BCUT2D eigenvalue weighted by Crippen LogP contribution is 2.27. The van der Waals surface area contributed by atoms with Crippen LogP contribution in [0, 0.1) is 0 Å². The highest BCUT2D eigenvalue weighted by atomic mass is 32.2. The molecule has 0 amide bonds. The van der Waals surface area contributed by atoms with Crippen LogP contribution >= 0.6 is 0 Å². The molecule has 3 nitrogen and oxygen atoms in total. The van der Waals surface area contributed by atoms with Gasteiger partial charge in [0.15, 0.2) is 0 Å². The predicted molar refractivity (Wildman–Crippen MR) is 86.2 cm³/mol. The van der Waals surface area contributed by atoms with Crippen LogP contribution in [0.2, 0.25) is 0 Å². The lowest BCUT2D eigenvalue weighted by atomic mass is 9.99. The van der Waals surface area contributed by atoms with Gasteiger partial charge in [0.1, 0.15) is 4.90 Å². The number of unbranched alkanes of at least 4 members (excludes halogenated alkanes) is 4. The van der Waals surface area contributed by atoms with E-state index in [0.717, 1.165) is 30.2 Å². The molecule has 0 unspecified atom stereocenters. The Morgan fingerprint density at radius 2 is 1.62 bits per heavy atom. The lowest BCUT2D eigenvalue weighted by Gasteiger charge is -2.10. The summed E-state index contributed by atoms with van der Waals surface area (Å²) in [5.74, 6) is 0. The average Bonchev–Trinajstić information content (AvgIpc) is 2.45. The van der Waals surface area contributed by atoms with Gasteiger partial charge in [-0.2, -0.15) is 8.42 Å². The summed E-state index contributed by atoms with van der Waals surface area (Å²) in [5.41, 5.74) is 0.997. The van der Waals surface area contributed by atoms with Crippen molar-refractivity contribution in [3.63, 3.8) is 0 Å². The third kappa shape index (κ3) is 4.05. The first-order valence-corrected chi connectivity index (χ1v) is 8.96. The van der Waals surface area contributed by atoms with Gasteiger partial charge in [0, 0.05) is 5.39 Å². The quantitative estimate of drug-likeness (QED) is 0.601. The third-order valence-corrected chi connectivity index (χ3v) is 4.68. The minimum atomic E-state index is -4.19. The fourth-order valence-corrected chi connectivity index (χ4v) is 3.48. The van der Waals surface area contributed by atoms with Gasteiger partial charge in [-0.3, -0.25) is 4.55 Å². The van der Waals surface area contributed by atoms with Crippen molar-refractivity contribution in [2.24, 2.45) is 0 Å². The summed E-state index contributed by atoms with van der Waals surface area (Å²) in [6.07, 6.45) is 6.70. The molecule has 2 aromatic rings. The van der Waals surface area contributed by atoms with Crippen molar-refractivity contribution in [1.29, 1.82) is 0 Å². The van der Waals surface area contributed by atoms with Gasteiger partial charge < -0.3 is 0 Å². The Bertz CT molecular complexity index is 700. The fourth-order valence-electron chi connectivity index (χ4n) is 2.72. The van der Waals surface area contributed by atoms with Crippen LogP contribution in [0.1, 0.15) is 44.6 Å². The maximum absolute atomic E-state index is 11.6. The molecule has 0 bridgehead atoms. The molecule has 1 N–H and O–H groups in total. The molecule has 0 radical (unpaired) electrons. The predicted octanol–water partition coefficient (Wildman–Crippen LogP) is 4.60. The van der Waals surface area contributed by atoms with Crippen molar-refractivity contribution in [2.45, 2.75) is 50.3 Å². The van der Waals surface area contributed by atoms with Crippen LogP contribution in [-0.2, 0) is 16.5 Å². The zero-order valence-corrected chi connectivity index (χ0v) is 13.2. The van der Waals surface area contributed by atoms with Crippen LogP contribution in [0.5, 0.6) is 0 Å². The lowest BCUT2D eigenvalue weighted by molar-refractivity contribution is 0.484. The Morgan fingerprint density at radius 3 is 2.29 bits per heavy atom. The smallest absolute Gasteiger partial charge is 0.282 e. The first-order valence-electron chi connectivity index (χ1n) is 7.52. The van der Waals surface area contributed by atoms with E-state index >= 15 is 0 Å². The van der Waals surface area contributed by atoms with Crippen LogP contribution in [0.4, 0.5) is 0 Å². The molecule has 0 saturated carbocycles. The Hall–Kier alpha value is -1.39. The topological polar surface area (TPSA) is 54.4 Å². The number of fused-ring (bicyclic) bond motifs is 1. The van der Waals surface area contributed by atoms with E-state index in [1.807, 2.05) is 24.3 Å². The summed E-state index contributed by atoms with van der Waals surface area (Å²) >= 11 is 0. The summed E-state index contributed by atoms with van der Waals surface area (Å²) in [6.45, 7) is 2.18. The first-order chi connectivity index (χ1) is 10.0. The van der Waals surface area contributed by atoms with Crippen molar-refractivity contribution in [3.05, 3.63) is 42.0 Å². The minimum Gasteiger partial charge on any atom is -0.282 e. The standard InChI is InChI=1S/C17H22O3S/c1-2-3-4-5-6-9-14-10-7-11-15-12-8-13-16(17(14)15)21(18,19)20/h7-8,10-13H,2-6,9H2,1H3,(H,18,19,20). The fraction of sp³-hybridized carbons (Fsp3) is 0.412. The number of aryl methyl sites for hydroxylation is 1. The number of benzene rings is 2. The van der Waals surface area contributed by atoms with E-state index in [1.54, 1.807) is 6.07 Å². The van der Waals surface area contributed by atoms with Crippen molar-refractivity contribution in [3.8, 4) is 0 Å². The van der Waals surface area contributed by atoms with Gasteiger partial charge in [-0.1, -0.05) is 62.9 Å². The molecule has 0 heterocycles. The molecule has 2 aromatic carbocycles. The normalized spacial score (nSPS) is 11.9. The summed E-state index contributed by atoms with van der Waals surface area (Å²) in [7, 11) is -4.19. The molecular formula is C17H22O3S. The molecule has 0 spiro atoms. The zero-order chi connectivity index (χ0) is 15.3. The highest BCUT2D eigenvalue weighted by Gasteiger charge is 2.15. The second-order valence-corrected chi connectivity index (χ2v) is 6.80. The van der Waals surface area contributed by atoms with Crippen LogP contribution in [-0.4, -0.2) is 13.0 Å². The van der Waals surface area contributed by atoms with Crippen LogP contribution in [0.3, 0.4) is 0 Å². The SMILES string of the molecule is CCCCCCCc1cccc2cccc(S(=O)(=O)O)c12. The summed E-state index contributed by atoms with van der Waals surface area (Å²) in [6, 6.07) is 10.8. The van der Waals surface area contributed by atoms with Gasteiger partial charge in [0.2, 0.25) is 0 Å². The van der Waals surface area contributed by atoms with Crippen LogP contribution in [0.25, 0.3) is 10.8 Å². The van der Waals surface area contributed by atoms with E-state index < -0.39 is 10.1 Å². The van der Waals surface area contributed by atoms with E-state index in [9.17, 15) is 13.0 Å². The maximum atomic E-state index is 11.6. The number of hydrogen-bond acceptors (Lipinski definition) is 2. The van der Waals surface area contributed by atoms with E-state index in [0.29, 0.717) is 5.39 Å². The van der Waals surface area contributed by atoms with Crippen LogP contribution < -0.4 is 0 Å². The molecule has 0 atom stereocenters. The maximum Gasteiger partial charge on any atom is 0.295 e. The summed E-state index contributed by atoms with van der Waals surface area (Å²) < 4.78 is 32.6. The van der Waals surface area contributed by atoms with E-state index in [-0.39, 0.29) is 4.90 Å². The van der Waals surface area contributed by atoms with Gasteiger partial charge >= 0.3 is 0 Å². The molecule has 114 valence electrons. The van der Waals surface area contributed by atoms with Crippen molar-refractivity contribution in [2.75, 3.05) is 0 Å². The number of rotatable bonds is 7. The minimum absolute atomic E-state index is 0.0177. The molecule has 0 fully saturated rings. The molecule has 0 aliphatic carbocycles. The van der Waals surface area contributed by atoms with Gasteiger partial charge in [-0.25, -0.2) is 0 Å². The molecular weight excluding hydrogens is 284 g/mol. The highest BCUT2D eigenvalue weighted by molar-refractivity contribution is 7.86. The molecule has 4 heteroatoms. The number of hydrogen-bond donors (Lipinski definition) is 1. The van der Waals surface area contributed by atoms with Crippen molar-refractivity contribution < 1.29 is 13.0 Å². The molecule has 0 saturated heterocycles. The average molecular weight is 306 g/mol. The molecule has 2 rings (SSSR count). The monoisotopic (exact) mass is 306 g/mol. The van der Waals surface area contributed by atoms with Crippen molar-refractivity contribution >= 4 is 20.9 Å². The van der Waals surface area contributed by atoms with Crippen LogP contribution in [0.15, 0.2) is 41.3 Å². The van der Waals surface area contributed by atoms with Gasteiger partial charge in [0.05, 0.1) is 0 Å². The first kappa shape index (κ1) is 16.0. The molecule has 0 aliphatic heterocycles. The molecule has 0 aromatic heterocycles. The van der Waals surface area contributed by atoms with Gasteiger partial charge in [0.25, 0.3) is 10.1 Å². The van der Waals surface area contributed by atoms with Crippen molar-refractivity contribution in [1.82, 2.24) is 0 Å². The Balaban J connectivity index is 2.31. The summed E-state index contributed by atoms with van der Waals surface area (Å²) in [4.78, 5) is 0.0177. The lowest BCUT2D eigenvalue weighted by Crippen LogP contribution is -2.01. The molecule has 21 heavy (non-hydrogen) atoms.